The van der Waals surface area contributed by atoms with Gasteiger partial charge in [-0.05, 0) is 111 Å². The van der Waals surface area contributed by atoms with E-state index in [-0.39, 0.29) is 12.0 Å². The molecule has 4 rings (SSSR count). The summed E-state index contributed by atoms with van der Waals surface area (Å²) in [5.41, 5.74) is 0.963. The molecule has 29 heavy (non-hydrogen) atoms. The third-order valence-corrected chi connectivity index (χ3v) is 10.7. The maximum absolute atomic E-state index is 12.1. The van der Waals surface area contributed by atoms with Gasteiger partial charge in [-0.2, -0.15) is 0 Å². The van der Waals surface area contributed by atoms with Gasteiger partial charge >= 0.3 is 0 Å². The first kappa shape index (κ1) is 21.7. The molecule has 4 aliphatic rings. The Kier molecular flexibility index (Phi) is 5.86. The molecule has 3 nitrogen and oxygen atoms in total. The van der Waals surface area contributed by atoms with Crippen LogP contribution >= 0.6 is 0 Å². The van der Waals surface area contributed by atoms with Crippen molar-refractivity contribution in [3.05, 3.63) is 0 Å². The molecule has 0 unspecified atom stereocenters. The van der Waals surface area contributed by atoms with Crippen LogP contribution in [0, 0.1) is 46.3 Å². The van der Waals surface area contributed by atoms with Gasteiger partial charge in [-0.3, -0.25) is 4.79 Å². The Labute approximate surface area is 179 Å². The van der Waals surface area contributed by atoms with Crippen LogP contribution in [-0.2, 0) is 4.79 Å². The van der Waals surface area contributed by atoms with Gasteiger partial charge in [-0.15, -0.1) is 0 Å². The maximum atomic E-state index is 12.1. The number of fused-ring (bicyclic) bond motifs is 5. The first-order chi connectivity index (χ1) is 13.7. The molecule has 0 radical (unpaired) electrons. The van der Waals surface area contributed by atoms with E-state index < -0.39 is 0 Å². The molecular weight excluding hydrogens is 358 g/mol. The lowest BCUT2D eigenvalue weighted by molar-refractivity contribution is -0.131. The summed E-state index contributed by atoms with van der Waals surface area (Å²) >= 11 is 0. The highest BCUT2D eigenvalue weighted by atomic mass is 16.3. The largest absolute Gasteiger partial charge is 0.393 e. The van der Waals surface area contributed by atoms with E-state index in [0.717, 1.165) is 48.9 Å². The minimum Gasteiger partial charge on any atom is -0.393 e. The predicted molar refractivity (Wildman–Crippen MR) is 118 cm³/mol. The second kappa shape index (κ2) is 7.84. The molecule has 0 saturated heterocycles. The standard InChI is InChI=1S/C26H45NO2/c1-17(6-11-24(29)27(4)5)21-9-10-22-20-8-7-18-16-19(28)12-14-25(18,2)23(20)13-15-26(21,22)3/h17-23,28H,6-16H2,1-5H3/t17-,18-,19-,20+,21-,22+,23+,25+,26-/m1/s1. The number of hydrogen-bond donors (Lipinski definition) is 1. The Bertz CT molecular complexity index is 618. The third-order valence-electron chi connectivity index (χ3n) is 10.7. The summed E-state index contributed by atoms with van der Waals surface area (Å²) in [6, 6.07) is 0. The fraction of sp³-hybridized carbons (Fsp3) is 0.962. The van der Waals surface area contributed by atoms with Crippen LogP contribution in [0.5, 0.6) is 0 Å². The first-order valence-electron chi connectivity index (χ1n) is 12.5. The highest BCUT2D eigenvalue weighted by Crippen LogP contribution is 2.68. The number of aliphatic hydroxyl groups is 1. The minimum absolute atomic E-state index is 0.0416. The van der Waals surface area contributed by atoms with E-state index in [4.69, 9.17) is 0 Å². The van der Waals surface area contributed by atoms with E-state index in [1.54, 1.807) is 4.90 Å². The number of hydrogen-bond acceptors (Lipinski definition) is 2. The lowest BCUT2D eigenvalue weighted by Crippen LogP contribution is -2.54. The van der Waals surface area contributed by atoms with Crippen molar-refractivity contribution in [1.29, 1.82) is 0 Å². The quantitative estimate of drug-likeness (QED) is 0.672. The van der Waals surface area contributed by atoms with Gasteiger partial charge in [0.25, 0.3) is 0 Å². The number of rotatable bonds is 4. The highest BCUT2D eigenvalue weighted by molar-refractivity contribution is 5.75. The summed E-state index contributed by atoms with van der Waals surface area (Å²) in [7, 11) is 3.75. The fourth-order valence-electron chi connectivity index (χ4n) is 8.99. The summed E-state index contributed by atoms with van der Waals surface area (Å²) in [5.74, 6) is 5.17. The SMILES string of the molecule is C[C@H](CCC(=O)N(C)C)[C@H]1CC[C@H]2[C@@H]3CC[C@@H]4C[C@H](O)CC[C@]4(C)[C@H]3CC[C@]12C. The number of nitrogens with zero attached hydrogens (tertiary/aromatic N) is 1. The van der Waals surface area contributed by atoms with Crippen molar-refractivity contribution < 1.29 is 9.90 Å². The molecule has 9 atom stereocenters. The zero-order valence-corrected chi connectivity index (χ0v) is 19.6. The summed E-state index contributed by atoms with van der Waals surface area (Å²) in [6.07, 6.45) is 13.4. The van der Waals surface area contributed by atoms with Crippen LogP contribution in [0.4, 0.5) is 0 Å². The van der Waals surface area contributed by atoms with Crippen molar-refractivity contribution >= 4 is 5.91 Å². The Morgan fingerprint density at radius 1 is 1.00 bits per heavy atom. The van der Waals surface area contributed by atoms with E-state index >= 15 is 0 Å². The molecule has 0 aromatic heterocycles. The van der Waals surface area contributed by atoms with Gasteiger partial charge in [0.05, 0.1) is 6.10 Å². The zero-order chi connectivity index (χ0) is 21.0. The molecule has 0 spiro atoms. The average molecular weight is 404 g/mol. The van der Waals surface area contributed by atoms with E-state index in [1.807, 2.05) is 14.1 Å². The summed E-state index contributed by atoms with van der Waals surface area (Å²) in [4.78, 5) is 13.9. The van der Waals surface area contributed by atoms with Crippen molar-refractivity contribution in [2.45, 2.75) is 97.5 Å². The molecular formula is C26H45NO2. The Hall–Kier alpha value is -0.570. The van der Waals surface area contributed by atoms with Crippen molar-refractivity contribution in [2.24, 2.45) is 46.3 Å². The third kappa shape index (κ3) is 3.58. The van der Waals surface area contributed by atoms with Gasteiger partial charge in [0.1, 0.15) is 0 Å². The van der Waals surface area contributed by atoms with Crippen molar-refractivity contribution in [3.8, 4) is 0 Å². The smallest absolute Gasteiger partial charge is 0.222 e. The molecule has 0 aromatic rings. The van der Waals surface area contributed by atoms with Gasteiger partial charge in [-0.25, -0.2) is 0 Å². The molecule has 1 amide bonds. The van der Waals surface area contributed by atoms with Crippen LogP contribution in [-0.4, -0.2) is 36.1 Å². The second-order valence-electron chi connectivity index (χ2n) is 12.1. The normalized spacial score (nSPS) is 47.7. The molecule has 4 saturated carbocycles. The lowest BCUT2D eigenvalue weighted by atomic mass is 9.44. The van der Waals surface area contributed by atoms with E-state index in [2.05, 4.69) is 20.8 Å². The number of amides is 1. The average Bonchev–Trinajstić information content (AvgIpc) is 3.03. The topological polar surface area (TPSA) is 40.5 Å². The van der Waals surface area contributed by atoms with Crippen LogP contribution < -0.4 is 0 Å². The molecule has 0 bridgehead atoms. The molecule has 0 heterocycles. The van der Waals surface area contributed by atoms with E-state index in [9.17, 15) is 9.90 Å². The number of carbonyl (C=O) groups is 1. The van der Waals surface area contributed by atoms with Gasteiger partial charge < -0.3 is 10.0 Å². The van der Waals surface area contributed by atoms with Gasteiger partial charge in [0, 0.05) is 20.5 Å². The van der Waals surface area contributed by atoms with Crippen LogP contribution in [0.3, 0.4) is 0 Å². The minimum atomic E-state index is -0.0416. The summed E-state index contributed by atoms with van der Waals surface area (Å²) < 4.78 is 0. The lowest BCUT2D eigenvalue weighted by Gasteiger charge is -2.61. The summed E-state index contributed by atoms with van der Waals surface area (Å²) in [6.45, 7) is 7.63. The van der Waals surface area contributed by atoms with Crippen LogP contribution in [0.15, 0.2) is 0 Å². The molecule has 4 fully saturated rings. The maximum Gasteiger partial charge on any atom is 0.222 e. The van der Waals surface area contributed by atoms with Gasteiger partial charge in [0.2, 0.25) is 5.91 Å². The van der Waals surface area contributed by atoms with Gasteiger partial charge in [0.15, 0.2) is 0 Å². The molecule has 0 aliphatic heterocycles. The first-order valence-corrected chi connectivity index (χ1v) is 12.5. The second-order valence-corrected chi connectivity index (χ2v) is 12.1. The van der Waals surface area contributed by atoms with Gasteiger partial charge in [-0.1, -0.05) is 20.8 Å². The Morgan fingerprint density at radius 2 is 1.69 bits per heavy atom. The number of aliphatic hydroxyl groups excluding tert-OH is 1. The predicted octanol–water partition coefficient (Wildman–Crippen LogP) is 5.51. The molecule has 1 N–H and O–H groups in total. The molecule has 166 valence electrons. The Balaban J connectivity index is 1.46. The monoisotopic (exact) mass is 403 g/mol. The number of carbonyl (C=O) groups excluding carboxylic acids is 1. The highest BCUT2D eigenvalue weighted by Gasteiger charge is 2.60. The fourth-order valence-corrected chi connectivity index (χ4v) is 8.99. The zero-order valence-electron chi connectivity index (χ0n) is 19.6. The Morgan fingerprint density at radius 3 is 2.41 bits per heavy atom. The molecule has 0 aromatic carbocycles. The van der Waals surface area contributed by atoms with Crippen LogP contribution in [0.1, 0.15) is 91.4 Å². The van der Waals surface area contributed by atoms with E-state index in [1.165, 1.54) is 44.9 Å². The molecule has 3 heteroatoms. The van der Waals surface area contributed by atoms with E-state index in [0.29, 0.717) is 23.2 Å². The van der Waals surface area contributed by atoms with Crippen LogP contribution in [0.25, 0.3) is 0 Å². The van der Waals surface area contributed by atoms with Crippen molar-refractivity contribution in [2.75, 3.05) is 14.1 Å². The van der Waals surface area contributed by atoms with Crippen molar-refractivity contribution in [1.82, 2.24) is 4.90 Å². The van der Waals surface area contributed by atoms with Crippen LogP contribution in [0.2, 0.25) is 0 Å². The molecule has 4 aliphatic carbocycles. The van der Waals surface area contributed by atoms with Crippen molar-refractivity contribution in [3.63, 3.8) is 0 Å². The summed E-state index contributed by atoms with van der Waals surface area (Å²) in [5, 5.41) is 10.2.